The van der Waals surface area contributed by atoms with Crippen molar-refractivity contribution < 1.29 is 18.9 Å². The third-order valence-electron chi connectivity index (χ3n) is 4.55. The maximum atomic E-state index is 6.08. The van der Waals surface area contributed by atoms with Crippen LogP contribution < -0.4 is 0 Å². The summed E-state index contributed by atoms with van der Waals surface area (Å²) in [6.45, 7) is 10.4. The third-order valence-corrected chi connectivity index (χ3v) is 4.55. The minimum atomic E-state index is -0.172. The van der Waals surface area contributed by atoms with Gasteiger partial charge in [0.25, 0.3) is 0 Å². The van der Waals surface area contributed by atoms with Gasteiger partial charge >= 0.3 is 0 Å². The first-order valence-corrected chi connectivity index (χ1v) is 7.81. The Balaban J connectivity index is 1.91. The molecule has 4 heteroatoms. The van der Waals surface area contributed by atoms with Gasteiger partial charge in [-0.15, -0.1) is 0 Å². The predicted molar refractivity (Wildman–Crippen MR) is 77.6 cm³/mol. The minimum absolute atomic E-state index is 0.141. The van der Waals surface area contributed by atoms with Crippen molar-refractivity contribution in [3.63, 3.8) is 0 Å². The summed E-state index contributed by atoms with van der Waals surface area (Å²) in [6.07, 6.45) is 3.75. The van der Waals surface area contributed by atoms with Crippen LogP contribution in [0.3, 0.4) is 0 Å². The van der Waals surface area contributed by atoms with Gasteiger partial charge in [-0.2, -0.15) is 0 Å². The van der Waals surface area contributed by atoms with Gasteiger partial charge in [-0.25, -0.2) is 0 Å². The Morgan fingerprint density at radius 3 is 2.45 bits per heavy atom. The van der Waals surface area contributed by atoms with E-state index in [1.54, 1.807) is 7.11 Å². The lowest BCUT2D eigenvalue weighted by molar-refractivity contribution is -0.196. The molecule has 0 radical (unpaired) electrons. The zero-order valence-corrected chi connectivity index (χ0v) is 13.6. The van der Waals surface area contributed by atoms with Gasteiger partial charge in [0.1, 0.15) is 6.10 Å². The Morgan fingerprint density at radius 2 is 1.90 bits per heavy atom. The molecule has 1 aliphatic heterocycles. The van der Waals surface area contributed by atoms with Crippen molar-refractivity contribution >= 4 is 0 Å². The number of methoxy groups -OCH3 is 1. The molecule has 2 aliphatic rings. The van der Waals surface area contributed by atoms with Gasteiger partial charge in [-0.1, -0.05) is 20.8 Å². The fourth-order valence-electron chi connectivity index (χ4n) is 2.92. The number of ether oxygens (including phenoxy) is 4. The topological polar surface area (TPSA) is 40.2 Å². The summed E-state index contributed by atoms with van der Waals surface area (Å²) in [5.41, 5.74) is 0.329. The molecule has 5 atom stereocenters. The summed E-state index contributed by atoms with van der Waals surface area (Å²) in [4.78, 5) is 0. The van der Waals surface area contributed by atoms with Crippen LogP contribution >= 0.6 is 0 Å². The van der Waals surface area contributed by atoms with Gasteiger partial charge in [0.05, 0.1) is 25.4 Å². The molecule has 0 N–H and O–H groups in total. The lowest BCUT2D eigenvalue weighted by Crippen LogP contribution is -2.43. The van der Waals surface area contributed by atoms with E-state index in [0.717, 1.165) is 19.4 Å². The Labute approximate surface area is 123 Å². The molecule has 5 unspecified atom stereocenters. The Hall–Kier alpha value is -0.160. The van der Waals surface area contributed by atoms with Gasteiger partial charge < -0.3 is 18.9 Å². The molecule has 2 rings (SSSR count). The number of rotatable bonds is 6. The van der Waals surface area contributed by atoms with Crippen molar-refractivity contribution in [2.75, 3.05) is 20.3 Å². The van der Waals surface area contributed by atoms with Crippen LogP contribution in [-0.4, -0.2) is 44.9 Å². The number of hydrogen-bond acceptors (Lipinski definition) is 4. The monoisotopic (exact) mass is 286 g/mol. The first-order chi connectivity index (χ1) is 9.40. The second-order valence-electron chi connectivity index (χ2n) is 7.18. The highest BCUT2D eigenvalue weighted by Crippen LogP contribution is 2.40. The molecule has 0 spiro atoms. The highest BCUT2D eigenvalue weighted by Gasteiger charge is 2.38. The van der Waals surface area contributed by atoms with Crippen molar-refractivity contribution in [3.8, 4) is 0 Å². The molecular formula is C16H30O4. The van der Waals surface area contributed by atoms with Crippen molar-refractivity contribution in [3.05, 3.63) is 0 Å². The average molecular weight is 286 g/mol. The molecule has 20 heavy (non-hydrogen) atoms. The molecular weight excluding hydrogens is 256 g/mol. The molecule has 0 amide bonds. The highest BCUT2D eigenvalue weighted by molar-refractivity contribution is 4.88. The molecule has 0 aromatic heterocycles. The molecule has 1 saturated carbocycles. The zero-order chi connectivity index (χ0) is 14.8. The van der Waals surface area contributed by atoms with E-state index in [1.165, 1.54) is 6.42 Å². The maximum absolute atomic E-state index is 6.08. The SMILES string of the molecule is COC(C)OC1CCC(C(C)(C)C)CC1OCC1CO1. The second-order valence-corrected chi connectivity index (χ2v) is 7.18. The van der Waals surface area contributed by atoms with Crippen molar-refractivity contribution in [2.45, 2.75) is 71.6 Å². The van der Waals surface area contributed by atoms with Crippen LogP contribution in [0.15, 0.2) is 0 Å². The molecule has 0 aromatic rings. The molecule has 2 fully saturated rings. The van der Waals surface area contributed by atoms with E-state index in [4.69, 9.17) is 18.9 Å². The molecule has 1 saturated heterocycles. The summed E-state index contributed by atoms with van der Waals surface area (Å²) in [6, 6.07) is 0. The Kier molecular flexibility index (Phi) is 5.46. The van der Waals surface area contributed by atoms with Crippen LogP contribution in [0, 0.1) is 11.3 Å². The van der Waals surface area contributed by atoms with Crippen LogP contribution in [0.25, 0.3) is 0 Å². The van der Waals surface area contributed by atoms with Crippen molar-refractivity contribution in [2.24, 2.45) is 11.3 Å². The maximum Gasteiger partial charge on any atom is 0.154 e. The van der Waals surface area contributed by atoms with E-state index in [2.05, 4.69) is 20.8 Å². The van der Waals surface area contributed by atoms with Crippen LogP contribution in [0.1, 0.15) is 47.0 Å². The normalized spacial score (nSPS) is 35.9. The third kappa shape index (κ3) is 4.69. The Morgan fingerprint density at radius 1 is 1.20 bits per heavy atom. The van der Waals surface area contributed by atoms with E-state index in [1.807, 2.05) is 6.92 Å². The second kappa shape index (κ2) is 6.73. The predicted octanol–water partition coefficient (Wildman–Crippen LogP) is 2.99. The summed E-state index contributed by atoms with van der Waals surface area (Å²) in [7, 11) is 1.68. The van der Waals surface area contributed by atoms with Crippen LogP contribution in [-0.2, 0) is 18.9 Å². The molecule has 0 aromatic carbocycles. The summed E-state index contributed by atoms with van der Waals surface area (Å²) in [5, 5.41) is 0. The van der Waals surface area contributed by atoms with Gasteiger partial charge in [0, 0.05) is 7.11 Å². The molecule has 1 aliphatic carbocycles. The van der Waals surface area contributed by atoms with Crippen LogP contribution in [0.4, 0.5) is 0 Å². The van der Waals surface area contributed by atoms with Crippen molar-refractivity contribution in [1.82, 2.24) is 0 Å². The van der Waals surface area contributed by atoms with Gasteiger partial charge in [0.2, 0.25) is 0 Å². The average Bonchev–Trinajstić information content (AvgIpc) is 3.20. The molecule has 118 valence electrons. The largest absolute Gasteiger partial charge is 0.373 e. The standard InChI is InChI=1S/C16H30O4/c1-11(17-5)20-14-7-6-12(16(2,3)4)8-15(14)19-10-13-9-18-13/h11-15H,6-10H2,1-5H3. The van der Waals surface area contributed by atoms with E-state index < -0.39 is 0 Å². The van der Waals surface area contributed by atoms with Gasteiger partial charge in [-0.3, -0.25) is 0 Å². The number of epoxide rings is 1. The van der Waals surface area contributed by atoms with Gasteiger partial charge in [0.15, 0.2) is 6.29 Å². The van der Waals surface area contributed by atoms with E-state index in [-0.39, 0.29) is 18.5 Å². The summed E-state index contributed by atoms with van der Waals surface area (Å²) in [5.74, 6) is 0.685. The first-order valence-electron chi connectivity index (χ1n) is 7.81. The quantitative estimate of drug-likeness (QED) is 0.556. The number of hydrogen-bond donors (Lipinski definition) is 0. The van der Waals surface area contributed by atoms with Gasteiger partial charge in [-0.05, 0) is 37.5 Å². The Bertz CT molecular complexity index is 295. The highest BCUT2D eigenvalue weighted by atomic mass is 16.7. The lowest BCUT2D eigenvalue weighted by Gasteiger charge is -2.42. The first kappa shape index (κ1) is 16.2. The van der Waals surface area contributed by atoms with E-state index in [9.17, 15) is 0 Å². The van der Waals surface area contributed by atoms with E-state index in [0.29, 0.717) is 24.0 Å². The van der Waals surface area contributed by atoms with Crippen LogP contribution in [0.2, 0.25) is 0 Å². The fraction of sp³-hybridized carbons (Fsp3) is 1.00. The minimum Gasteiger partial charge on any atom is -0.373 e. The summed E-state index contributed by atoms with van der Waals surface area (Å²) < 4.78 is 22.5. The molecule has 4 nitrogen and oxygen atoms in total. The van der Waals surface area contributed by atoms with Crippen molar-refractivity contribution in [1.29, 1.82) is 0 Å². The van der Waals surface area contributed by atoms with Crippen LogP contribution in [0.5, 0.6) is 0 Å². The van der Waals surface area contributed by atoms with E-state index >= 15 is 0 Å². The zero-order valence-electron chi connectivity index (χ0n) is 13.6. The molecule has 1 heterocycles. The summed E-state index contributed by atoms with van der Waals surface area (Å²) >= 11 is 0. The lowest BCUT2D eigenvalue weighted by atomic mass is 9.71. The fourth-order valence-corrected chi connectivity index (χ4v) is 2.92. The molecule has 0 bridgehead atoms. The smallest absolute Gasteiger partial charge is 0.154 e.